The highest BCUT2D eigenvalue weighted by Crippen LogP contribution is 2.45. The number of hydroxylamine groups is 2. The van der Waals surface area contributed by atoms with Crippen molar-refractivity contribution < 1.29 is 109 Å². The molecule has 29 nitrogen and oxygen atoms in total. The van der Waals surface area contributed by atoms with Gasteiger partial charge in [-0.25, -0.2) is 31.1 Å². The normalized spacial score (nSPS) is 20.4. The highest BCUT2D eigenvalue weighted by atomic mass is 32.2. The molecule has 2 aromatic carbocycles. The zero-order valence-electron chi connectivity index (χ0n) is 37.4. The van der Waals surface area contributed by atoms with Crippen molar-refractivity contribution in [1.29, 1.82) is 0 Å². The molecule has 0 radical (unpaired) electrons. The van der Waals surface area contributed by atoms with Gasteiger partial charge >= 0.3 is 11.9 Å². The summed E-state index contributed by atoms with van der Waals surface area (Å²) >= 11 is 0. The number of amides is 3. The Labute approximate surface area is 413 Å². The minimum atomic E-state index is -5.51. The van der Waals surface area contributed by atoms with Gasteiger partial charge in [-0.1, -0.05) is 18.2 Å². The number of nitrogens with zero attached hydrogens (tertiary/aromatic N) is 1. The molecule has 0 spiro atoms. The number of imide groups is 1. The molecule has 2 aromatic rings. The predicted octanol–water partition coefficient (Wildman–Crippen LogP) is -3.23. The van der Waals surface area contributed by atoms with Crippen molar-refractivity contribution in [2.24, 2.45) is 5.92 Å². The second-order valence-electron chi connectivity index (χ2n) is 16.0. The molecule has 2 bridgehead atoms. The van der Waals surface area contributed by atoms with E-state index in [0.29, 0.717) is 5.06 Å². The third-order valence-electron chi connectivity index (χ3n) is 10.5. The summed E-state index contributed by atoms with van der Waals surface area (Å²) in [6.07, 6.45) is -2.44. The number of nitrogen functional groups attached to an aromatic ring is 1. The van der Waals surface area contributed by atoms with Crippen LogP contribution in [0.5, 0.6) is 0 Å². The van der Waals surface area contributed by atoms with Crippen LogP contribution in [0, 0.1) is 5.92 Å². The van der Waals surface area contributed by atoms with E-state index in [1.54, 1.807) is 4.72 Å². The summed E-state index contributed by atoms with van der Waals surface area (Å²) in [5, 5.41) is 17.9. The van der Waals surface area contributed by atoms with Crippen LogP contribution in [0.3, 0.4) is 0 Å². The number of benzene rings is 3. The number of anilines is 1. The van der Waals surface area contributed by atoms with Gasteiger partial charge in [-0.05, 0) is 36.2 Å². The van der Waals surface area contributed by atoms with E-state index in [2.05, 4.69) is 9.56 Å². The molecule has 4 aliphatic rings. The third kappa shape index (κ3) is 14.3. The van der Waals surface area contributed by atoms with Gasteiger partial charge in [0, 0.05) is 61.7 Å². The number of hydrogen-bond acceptors (Lipinski definition) is 20. The quantitative estimate of drug-likeness (QED) is 0.0344. The fraction of sp³-hybridized carbons (Fsp3) is 0.333. The molecule has 1 saturated heterocycles. The van der Waals surface area contributed by atoms with Crippen LogP contribution in [0.4, 0.5) is 5.69 Å². The average Bonchev–Trinajstić information content (AvgIpc) is 3.56. The summed E-state index contributed by atoms with van der Waals surface area (Å²) in [4.78, 5) is 87.1. The molecule has 3 aliphatic heterocycles. The summed E-state index contributed by atoms with van der Waals surface area (Å²) in [7, 11) is -26.2. The number of carbonyl (C=O) groups excluding carboxylic acids is 6. The SMILES string of the molecule is CC(=O)ON1C(=O)CCC1=O.Nc1ccc2c(-c3ccccc3C(=O)O)c3ccc(=[NH2+])c4c-3oc2c1S(=O)(=O)NC(CS(=O)(=O)O)C(=O)CC(CS(=O)(=O)O)C(=O)NC(CS(=O)(=O)O)C(=O)CCCNS4(=O)=O. The van der Waals surface area contributed by atoms with Gasteiger partial charge in [0.1, 0.15) is 16.7 Å². The number of hydrogen-bond donors (Lipinski definition) is 9. The van der Waals surface area contributed by atoms with Crippen molar-refractivity contribution >= 4 is 108 Å². The average molecular weight is 1120 g/mol. The zero-order chi connectivity index (χ0) is 54.8. The summed E-state index contributed by atoms with van der Waals surface area (Å²) < 4.78 is 168. The molecule has 3 unspecified atom stereocenters. The van der Waals surface area contributed by atoms with Gasteiger partial charge in [-0.3, -0.25) is 43.0 Å². The molecule has 3 amide bonds. The van der Waals surface area contributed by atoms with Crippen LogP contribution in [0.25, 0.3) is 33.4 Å². The molecular weight excluding hydrogens is 1080 g/mol. The maximum atomic E-state index is 14.4. The predicted molar refractivity (Wildman–Crippen MR) is 245 cm³/mol. The molecule has 73 heavy (non-hydrogen) atoms. The first kappa shape index (κ1) is 57.3. The molecule has 3 heterocycles. The Hall–Kier alpha value is -6.63. The van der Waals surface area contributed by atoms with Crippen LogP contribution >= 0.6 is 0 Å². The Morgan fingerprint density at radius 3 is 1.95 bits per heavy atom. The molecule has 1 aliphatic carbocycles. The van der Waals surface area contributed by atoms with Crippen molar-refractivity contribution in [3.05, 3.63) is 59.5 Å². The second kappa shape index (κ2) is 21.8. The van der Waals surface area contributed by atoms with Crippen molar-refractivity contribution in [1.82, 2.24) is 19.8 Å². The first-order valence-electron chi connectivity index (χ1n) is 20.6. The highest BCUT2D eigenvalue weighted by molar-refractivity contribution is 7.90. The van der Waals surface area contributed by atoms with E-state index in [0.717, 1.165) is 19.1 Å². The molecule has 34 heteroatoms. The van der Waals surface area contributed by atoms with Crippen LogP contribution in [0.1, 0.15) is 49.4 Å². The Morgan fingerprint density at radius 2 is 1.37 bits per heavy atom. The lowest BCUT2D eigenvalue weighted by Crippen LogP contribution is -2.50. The number of aromatic carboxylic acids is 1. The van der Waals surface area contributed by atoms with E-state index >= 15 is 0 Å². The topological polar surface area (TPSA) is 484 Å². The van der Waals surface area contributed by atoms with E-state index in [9.17, 15) is 94.4 Å². The highest BCUT2D eigenvalue weighted by Gasteiger charge is 2.39. The van der Waals surface area contributed by atoms with Crippen molar-refractivity contribution in [2.75, 3.05) is 29.5 Å². The molecule has 11 N–H and O–H groups in total. The number of carboxylic acids is 1. The Kier molecular flexibility index (Phi) is 17.1. The van der Waals surface area contributed by atoms with Crippen LogP contribution in [0.2, 0.25) is 0 Å². The largest absolute Gasteiger partial charge is 0.478 e. The maximum Gasteiger partial charge on any atom is 0.336 e. The molecule has 1 fully saturated rings. The lowest BCUT2D eigenvalue weighted by atomic mass is 9.90. The number of rotatable bonds is 9. The first-order chi connectivity index (χ1) is 33.6. The number of Topliss-reactive ketones (excluding diaryl/α,β-unsaturated/α-hetero) is 2. The minimum absolute atomic E-state index is 0.131. The number of nitrogens with two attached hydrogens (primary N) is 2. The fourth-order valence-electron chi connectivity index (χ4n) is 7.46. The van der Waals surface area contributed by atoms with Crippen molar-refractivity contribution in [3.8, 4) is 22.5 Å². The van der Waals surface area contributed by atoms with E-state index in [-0.39, 0.29) is 40.5 Å². The summed E-state index contributed by atoms with van der Waals surface area (Å²) in [6.45, 7) is 0.503. The van der Waals surface area contributed by atoms with Crippen LogP contribution in [-0.4, -0.2) is 143 Å². The molecule has 0 saturated carbocycles. The van der Waals surface area contributed by atoms with Gasteiger partial charge in [0.05, 0.1) is 34.7 Å². The smallest absolute Gasteiger partial charge is 0.336 e. The Balaban J connectivity index is 0.000000793. The Morgan fingerprint density at radius 1 is 0.781 bits per heavy atom. The van der Waals surface area contributed by atoms with Gasteiger partial charge in [0.15, 0.2) is 27.8 Å². The number of sulfonamides is 2. The van der Waals surface area contributed by atoms with Crippen molar-refractivity contribution in [2.45, 2.75) is 60.9 Å². The van der Waals surface area contributed by atoms with Crippen molar-refractivity contribution in [3.63, 3.8) is 0 Å². The summed E-state index contributed by atoms with van der Waals surface area (Å²) in [5.74, 6) is -15.6. The van der Waals surface area contributed by atoms with Crippen LogP contribution in [-0.2, 0) is 84.0 Å². The molecule has 0 aromatic heterocycles. The molecular formula is C39H43N6O23S5+. The third-order valence-corrected chi connectivity index (χ3v) is 15.9. The van der Waals surface area contributed by atoms with E-state index in [4.69, 9.17) is 15.6 Å². The van der Waals surface area contributed by atoms with Crippen LogP contribution in [0.15, 0.2) is 62.7 Å². The van der Waals surface area contributed by atoms with Gasteiger partial charge < -0.3 is 25.4 Å². The van der Waals surface area contributed by atoms with E-state index in [1.165, 1.54) is 36.4 Å². The Bertz CT molecular complexity index is 3560. The first-order valence-corrected chi connectivity index (χ1v) is 28.4. The molecule has 6 rings (SSSR count). The molecule has 3 atom stereocenters. The van der Waals surface area contributed by atoms with Crippen LogP contribution < -0.4 is 31.3 Å². The number of carbonyl (C=O) groups is 7. The van der Waals surface area contributed by atoms with Gasteiger partial charge in [-0.15, -0.1) is 5.06 Å². The van der Waals surface area contributed by atoms with Gasteiger partial charge in [0.2, 0.25) is 21.3 Å². The number of nitrogens with one attached hydrogen (secondary N) is 3. The lowest BCUT2D eigenvalue weighted by molar-refractivity contribution is -0.195. The maximum absolute atomic E-state index is 14.4. The number of ketones is 2. The van der Waals surface area contributed by atoms with E-state index in [1.807, 2.05) is 5.32 Å². The monoisotopic (exact) mass is 1120 g/mol. The van der Waals surface area contributed by atoms with E-state index < -0.39 is 185 Å². The second-order valence-corrected chi connectivity index (χ2v) is 23.9. The summed E-state index contributed by atoms with van der Waals surface area (Å²) in [5.41, 5.74) is 3.76. The molecule has 396 valence electrons. The minimum Gasteiger partial charge on any atom is -0.478 e. The fourth-order valence-corrected chi connectivity index (χ4v) is 12.5. The standard InChI is InChI=1S/C33H35N5O19S5.C6H7NO4/c34-21-9-7-19-27(17-4-1-2-5-18(17)33(42)43)20-8-10-22(35)31-29(20)57-28(19)30(21)61(53,54)36-11-3-6-25(39)23(14-59(47,48)49)37-32(41)16(13-58(44,45)46)12-26(40)24(15-60(50,51)52)38-62(31,55)56;1-4(8)11-7-5(9)2-3-6(7)10/h1-2,4-5,7-10,16,23-24,34,36,38H,3,6,11-15,35H2,(H,37,41)(H,42,43)(H,44,45,46)(H,47,48,49)(H,50,51,52);2-3H2,1H3/p+1. The van der Waals surface area contributed by atoms with Gasteiger partial charge in [-0.2, -0.15) is 30.0 Å². The number of carboxylic acid groups (broad SMARTS) is 1. The summed E-state index contributed by atoms with van der Waals surface area (Å²) in [6, 6.07) is 4.84. The zero-order valence-corrected chi connectivity index (χ0v) is 41.5. The van der Waals surface area contributed by atoms with Gasteiger partial charge in [0.25, 0.3) is 52.2 Å². The lowest BCUT2D eigenvalue weighted by Gasteiger charge is -2.24.